The van der Waals surface area contributed by atoms with E-state index in [1.54, 1.807) is 4.90 Å². The summed E-state index contributed by atoms with van der Waals surface area (Å²) in [6.45, 7) is 1.09. The van der Waals surface area contributed by atoms with Crippen LogP contribution in [0.2, 0.25) is 0 Å². The lowest BCUT2D eigenvalue weighted by Gasteiger charge is -2.25. The highest BCUT2D eigenvalue weighted by Gasteiger charge is 2.25. The van der Waals surface area contributed by atoms with Gasteiger partial charge >= 0.3 is 5.97 Å². The number of benzene rings is 1. The molecule has 7 nitrogen and oxygen atoms in total. The van der Waals surface area contributed by atoms with E-state index in [-0.39, 0.29) is 29.1 Å². The molecule has 1 aliphatic heterocycles. The molecule has 1 fully saturated rings. The van der Waals surface area contributed by atoms with Crippen LogP contribution < -0.4 is 5.32 Å². The number of amides is 2. The molecule has 2 N–H and O–H groups in total. The highest BCUT2D eigenvalue weighted by Crippen LogP contribution is 2.19. The zero-order valence-corrected chi connectivity index (χ0v) is 14.1. The number of hydrogen-bond acceptors (Lipinski definition) is 4. The quantitative estimate of drug-likeness (QED) is 0.826. The van der Waals surface area contributed by atoms with E-state index < -0.39 is 5.97 Å². The van der Waals surface area contributed by atoms with Gasteiger partial charge in [0.2, 0.25) is 5.91 Å². The van der Waals surface area contributed by atoms with Crippen LogP contribution in [-0.4, -0.2) is 45.9 Å². The molecule has 7 heteroatoms. The summed E-state index contributed by atoms with van der Waals surface area (Å²) in [5, 5.41) is 11.8. The van der Waals surface area contributed by atoms with Crippen LogP contribution in [0.3, 0.4) is 0 Å². The average Bonchev–Trinajstić information content (AvgIpc) is 3.06. The van der Waals surface area contributed by atoms with Gasteiger partial charge in [-0.2, -0.15) is 0 Å². The molecule has 26 heavy (non-hydrogen) atoms. The van der Waals surface area contributed by atoms with E-state index in [9.17, 15) is 14.4 Å². The van der Waals surface area contributed by atoms with E-state index >= 15 is 0 Å². The summed E-state index contributed by atoms with van der Waals surface area (Å²) in [5.74, 6) is -1.42. The lowest BCUT2D eigenvalue weighted by atomic mass is 10.1. The normalized spacial score (nSPS) is 14.9. The first-order chi connectivity index (χ1) is 12.5. The van der Waals surface area contributed by atoms with Crippen LogP contribution in [-0.2, 0) is 4.79 Å². The summed E-state index contributed by atoms with van der Waals surface area (Å²) in [4.78, 5) is 40.9. The van der Waals surface area contributed by atoms with Crippen LogP contribution in [0.15, 0.2) is 48.7 Å². The van der Waals surface area contributed by atoms with Crippen molar-refractivity contribution in [2.24, 2.45) is 0 Å². The summed E-state index contributed by atoms with van der Waals surface area (Å²) in [6, 6.07) is 11.8. The van der Waals surface area contributed by atoms with E-state index in [2.05, 4.69) is 10.3 Å². The smallest absolute Gasteiger partial charge is 0.354 e. The number of aromatic nitrogens is 1. The average molecular weight is 353 g/mol. The second-order valence-electron chi connectivity index (χ2n) is 6.12. The van der Waals surface area contributed by atoms with Crippen molar-refractivity contribution in [1.29, 1.82) is 0 Å². The number of carboxylic acid groups (broad SMARTS) is 1. The Morgan fingerprint density at radius 3 is 2.54 bits per heavy atom. The molecule has 0 aliphatic carbocycles. The van der Waals surface area contributed by atoms with Crippen LogP contribution in [0.5, 0.6) is 0 Å². The lowest BCUT2D eigenvalue weighted by molar-refractivity contribution is -0.128. The number of carbonyl (C=O) groups is 3. The second kappa shape index (κ2) is 7.77. The minimum absolute atomic E-state index is 0.0904. The molecule has 2 amide bonds. The number of pyridine rings is 1. The minimum Gasteiger partial charge on any atom is -0.477 e. The maximum Gasteiger partial charge on any atom is 0.354 e. The first-order valence-corrected chi connectivity index (χ1v) is 8.37. The SMILES string of the molecule is O=C(NC(CN1CCCC1=O)c1ccccc1)c1ccc(C(=O)O)nc1. The number of likely N-dealkylation sites (tertiary alicyclic amines) is 1. The van der Waals surface area contributed by atoms with Crippen molar-refractivity contribution >= 4 is 17.8 Å². The highest BCUT2D eigenvalue weighted by atomic mass is 16.4. The van der Waals surface area contributed by atoms with Gasteiger partial charge in [0.05, 0.1) is 11.6 Å². The largest absolute Gasteiger partial charge is 0.477 e. The summed E-state index contributed by atoms with van der Waals surface area (Å²) >= 11 is 0. The Balaban J connectivity index is 1.77. The van der Waals surface area contributed by atoms with Gasteiger partial charge < -0.3 is 15.3 Å². The third kappa shape index (κ3) is 4.05. The van der Waals surface area contributed by atoms with E-state index in [0.29, 0.717) is 19.5 Å². The Bertz CT molecular complexity index is 805. The first kappa shape index (κ1) is 17.6. The third-order valence-electron chi connectivity index (χ3n) is 4.33. The molecule has 0 spiro atoms. The van der Waals surface area contributed by atoms with Crippen molar-refractivity contribution < 1.29 is 19.5 Å². The predicted molar refractivity (Wildman–Crippen MR) is 93.7 cm³/mol. The topological polar surface area (TPSA) is 99.6 Å². The molecule has 0 radical (unpaired) electrons. The number of aromatic carboxylic acids is 1. The number of carbonyl (C=O) groups excluding carboxylic acids is 2. The van der Waals surface area contributed by atoms with Gasteiger partial charge in [-0.3, -0.25) is 9.59 Å². The van der Waals surface area contributed by atoms with E-state index in [4.69, 9.17) is 5.11 Å². The molecule has 1 aromatic heterocycles. The maximum absolute atomic E-state index is 12.6. The Morgan fingerprint density at radius 1 is 1.19 bits per heavy atom. The molecule has 1 aromatic carbocycles. The van der Waals surface area contributed by atoms with Gasteiger partial charge in [-0.05, 0) is 24.1 Å². The van der Waals surface area contributed by atoms with Crippen molar-refractivity contribution in [3.63, 3.8) is 0 Å². The second-order valence-corrected chi connectivity index (χ2v) is 6.12. The van der Waals surface area contributed by atoms with Crippen molar-refractivity contribution in [3.05, 3.63) is 65.5 Å². The molecule has 1 aliphatic rings. The van der Waals surface area contributed by atoms with Gasteiger partial charge in [0, 0.05) is 25.7 Å². The molecule has 0 saturated carbocycles. The molecule has 2 aromatic rings. The predicted octanol–water partition coefficient (Wildman–Crippen LogP) is 1.87. The number of nitrogens with one attached hydrogen (secondary N) is 1. The summed E-state index contributed by atoms with van der Waals surface area (Å²) < 4.78 is 0. The van der Waals surface area contributed by atoms with Crippen LogP contribution in [0.25, 0.3) is 0 Å². The number of rotatable bonds is 6. The fourth-order valence-electron chi connectivity index (χ4n) is 2.93. The zero-order valence-electron chi connectivity index (χ0n) is 14.1. The van der Waals surface area contributed by atoms with Crippen molar-refractivity contribution in [2.75, 3.05) is 13.1 Å². The van der Waals surface area contributed by atoms with E-state index in [1.165, 1.54) is 18.3 Å². The Kier molecular flexibility index (Phi) is 5.26. The molecule has 3 rings (SSSR count). The van der Waals surface area contributed by atoms with Gasteiger partial charge in [-0.15, -0.1) is 0 Å². The minimum atomic E-state index is -1.15. The van der Waals surface area contributed by atoms with Gasteiger partial charge in [-0.1, -0.05) is 30.3 Å². The molecular weight excluding hydrogens is 334 g/mol. The van der Waals surface area contributed by atoms with Crippen LogP contribution in [0.4, 0.5) is 0 Å². The molecule has 1 saturated heterocycles. The highest BCUT2D eigenvalue weighted by molar-refractivity contribution is 5.95. The Labute approximate surface area is 150 Å². The Hall–Kier alpha value is -3.22. The van der Waals surface area contributed by atoms with Gasteiger partial charge in [-0.25, -0.2) is 9.78 Å². The molecule has 2 heterocycles. The summed E-state index contributed by atoms with van der Waals surface area (Å²) in [7, 11) is 0. The standard InChI is InChI=1S/C19H19N3O4/c23-17-7-4-10-22(17)12-16(13-5-2-1-3-6-13)21-18(24)14-8-9-15(19(25)26)20-11-14/h1-3,5-6,8-9,11,16H,4,7,10,12H2,(H,21,24)(H,25,26). The maximum atomic E-state index is 12.6. The number of hydrogen-bond donors (Lipinski definition) is 2. The number of nitrogens with zero attached hydrogens (tertiary/aromatic N) is 2. The number of carboxylic acids is 1. The van der Waals surface area contributed by atoms with Gasteiger partial charge in [0.25, 0.3) is 5.91 Å². The van der Waals surface area contributed by atoms with E-state index in [0.717, 1.165) is 12.0 Å². The van der Waals surface area contributed by atoms with Crippen LogP contribution in [0, 0.1) is 0 Å². The fraction of sp³-hybridized carbons (Fsp3) is 0.263. The van der Waals surface area contributed by atoms with Crippen LogP contribution in [0.1, 0.15) is 45.3 Å². The van der Waals surface area contributed by atoms with Crippen molar-refractivity contribution in [2.45, 2.75) is 18.9 Å². The molecule has 1 atom stereocenters. The van der Waals surface area contributed by atoms with Crippen LogP contribution >= 0.6 is 0 Å². The summed E-state index contributed by atoms with van der Waals surface area (Å²) in [6.07, 6.45) is 2.60. The van der Waals surface area contributed by atoms with Crippen molar-refractivity contribution in [3.8, 4) is 0 Å². The molecule has 0 bridgehead atoms. The zero-order chi connectivity index (χ0) is 18.5. The monoisotopic (exact) mass is 353 g/mol. The van der Waals surface area contributed by atoms with Crippen molar-refractivity contribution in [1.82, 2.24) is 15.2 Å². The molecular formula is C19H19N3O4. The first-order valence-electron chi connectivity index (χ1n) is 8.37. The third-order valence-corrected chi connectivity index (χ3v) is 4.33. The van der Waals surface area contributed by atoms with Gasteiger partial charge in [0.15, 0.2) is 0 Å². The molecule has 134 valence electrons. The summed E-state index contributed by atoms with van der Waals surface area (Å²) in [5.41, 5.74) is 1.04. The Morgan fingerprint density at radius 2 is 1.96 bits per heavy atom. The lowest BCUT2D eigenvalue weighted by Crippen LogP contribution is -2.38. The molecule has 1 unspecified atom stereocenters. The van der Waals surface area contributed by atoms with Gasteiger partial charge in [0.1, 0.15) is 5.69 Å². The van der Waals surface area contributed by atoms with E-state index in [1.807, 2.05) is 30.3 Å². The fourth-order valence-corrected chi connectivity index (χ4v) is 2.93.